The lowest BCUT2D eigenvalue weighted by Gasteiger charge is -2.38. The fraction of sp³-hybridized carbons (Fsp3) is 0.529. The minimum absolute atomic E-state index is 0.0699. The van der Waals surface area contributed by atoms with Gasteiger partial charge in [-0.05, 0) is 27.2 Å². The number of ketones is 1. The third kappa shape index (κ3) is 5.75. The smallest absolute Gasteiger partial charge is 0.353 e. The summed E-state index contributed by atoms with van der Waals surface area (Å²) >= 11 is 1.10. The number of anilines is 1. The summed E-state index contributed by atoms with van der Waals surface area (Å²) in [5, 5.41) is 5.77. The molecule has 12 heteroatoms. The molecule has 1 aliphatic rings. The molecule has 2 radical (unpaired) electrons. The van der Waals surface area contributed by atoms with Crippen LogP contribution in [0, 0.1) is 0 Å². The van der Waals surface area contributed by atoms with Crippen LogP contribution in [0.15, 0.2) is 10.5 Å². The Balaban J connectivity index is 2.24. The highest BCUT2D eigenvalue weighted by Crippen LogP contribution is 2.38. The first-order chi connectivity index (χ1) is 13.6. The van der Waals surface area contributed by atoms with Gasteiger partial charge >= 0.3 is 20.8 Å². The van der Waals surface area contributed by atoms with Crippen LogP contribution in [0.5, 0.6) is 0 Å². The molecular weight excluding hydrogens is 396 g/mol. The van der Waals surface area contributed by atoms with Gasteiger partial charge in [0.2, 0.25) is 5.60 Å². The van der Waals surface area contributed by atoms with Crippen molar-refractivity contribution in [3.8, 4) is 0 Å². The zero-order valence-electron chi connectivity index (χ0n) is 16.7. The Morgan fingerprint density at radius 2 is 1.90 bits per heavy atom. The molecule has 2 rings (SSSR count). The molecule has 0 spiro atoms. The number of carbonyl (C=O) groups excluding carboxylic acids is 4. The molecular formula is C17H21B2N3O6S. The average molecular weight is 417 g/mol. The van der Waals surface area contributed by atoms with E-state index in [2.05, 4.69) is 10.1 Å². The molecule has 1 heterocycles. The Bertz CT molecular complexity index is 806. The average Bonchev–Trinajstić information content (AvgIpc) is 3.04. The van der Waals surface area contributed by atoms with E-state index in [0.717, 1.165) is 32.6 Å². The van der Waals surface area contributed by atoms with E-state index in [9.17, 15) is 19.2 Å². The number of thiazole rings is 1. The topological polar surface area (TPSA) is 115 Å². The highest BCUT2D eigenvalue weighted by Gasteiger charge is 2.50. The molecule has 29 heavy (non-hydrogen) atoms. The van der Waals surface area contributed by atoms with Gasteiger partial charge in [-0.3, -0.25) is 4.79 Å². The third-order valence-electron chi connectivity index (χ3n) is 3.98. The van der Waals surface area contributed by atoms with Crippen molar-refractivity contribution >= 4 is 61.1 Å². The van der Waals surface area contributed by atoms with Crippen LogP contribution in [0.2, 0.25) is 0 Å². The molecule has 0 amide bonds. The Hall–Kier alpha value is -2.49. The number of nitrogens with zero attached hydrogens (tertiary/aromatic N) is 3. The lowest BCUT2D eigenvalue weighted by Crippen LogP contribution is -2.50. The lowest BCUT2D eigenvalue weighted by molar-refractivity contribution is -0.196. The highest BCUT2D eigenvalue weighted by atomic mass is 32.1. The van der Waals surface area contributed by atoms with Crippen molar-refractivity contribution in [2.45, 2.75) is 58.2 Å². The summed E-state index contributed by atoms with van der Waals surface area (Å²) in [7, 11) is 2.23. The number of hydrogen-bond acceptors (Lipinski definition) is 10. The maximum Gasteiger partial charge on any atom is 0.353 e. The van der Waals surface area contributed by atoms with E-state index in [1.807, 2.05) is 0 Å². The summed E-state index contributed by atoms with van der Waals surface area (Å²) in [6.45, 7) is 6.58. The monoisotopic (exact) mass is 417 g/mol. The predicted molar refractivity (Wildman–Crippen MR) is 110 cm³/mol. The summed E-state index contributed by atoms with van der Waals surface area (Å²) in [4.78, 5) is 55.8. The summed E-state index contributed by atoms with van der Waals surface area (Å²) in [5.41, 5.74) is -1.75. The van der Waals surface area contributed by atoms with Crippen molar-refractivity contribution in [1.82, 2.24) is 4.98 Å². The molecule has 1 aromatic heterocycles. The molecule has 1 saturated carbocycles. The Kier molecular flexibility index (Phi) is 7.34. The quantitative estimate of drug-likeness (QED) is 0.183. The second-order valence-corrected chi connectivity index (χ2v) is 8.27. The normalized spacial score (nSPS) is 15.5. The maximum absolute atomic E-state index is 12.5. The molecule has 1 aliphatic carbocycles. The van der Waals surface area contributed by atoms with Gasteiger partial charge in [0.1, 0.15) is 23.7 Å². The van der Waals surface area contributed by atoms with Gasteiger partial charge in [0.15, 0.2) is 16.6 Å². The van der Waals surface area contributed by atoms with Gasteiger partial charge in [0.25, 0.3) is 0 Å². The zero-order valence-corrected chi connectivity index (χ0v) is 17.5. The highest BCUT2D eigenvalue weighted by molar-refractivity contribution is 7.16. The van der Waals surface area contributed by atoms with E-state index < -0.39 is 23.0 Å². The Morgan fingerprint density at radius 3 is 2.34 bits per heavy atom. The molecule has 0 aliphatic heterocycles. The fourth-order valence-electron chi connectivity index (χ4n) is 2.43. The first-order valence-corrected chi connectivity index (χ1v) is 9.82. The van der Waals surface area contributed by atoms with E-state index >= 15 is 0 Å². The van der Waals surface area contributed by atoms with Gasteiger partial charge in [-0.1, -0.05) is 5.16 Å². The SMILES string of the molecule is CC(=O)/C(=N\OC1(C(=O)OC(C)(C)C)CCC1)c1csc(N([B]C=O)[B]C=O)n1. The lowest BCUT2D eigenvalue weighted by atomic mass is 9.80. The van der Waals surface area contributed by atoms with Gasteiger partial charge in [-0.25, -0.2) is 9.78 Å². The summed E-state index contributed by atoms with van der Waals surface area (Å²) in [5.74, 6) is -0.931. The minimum Gasteiger partial charge on any atom is -0.457 e. The van der Waals surface area contributed by atoms with Crippen LogP contribution in [0.25, 0.3) is 0 Å². The largest absolute Gasteiger partial charge is 0.457 e. The molecule has 0 atom stereocenters. The van der Waals surface area contributed by atoms with Crippen LogP contribution in [0.1, 0.15) is 52.7 Å². The second-order valence-electron chi connectivity index (χ2n) is 7.43. The van der Waals surface area contributed by atoms with E-state index in [4.69, 9.17) is 9.57 Å². The van der Waals surface area contributed by atoms with Gasteiger partial charge in [0, 0.05) is 25.1 Å². The number of oxime groups is 1. The van der Waals surface area contributed by atoms with Gasteiger partial charge in [-0.2, -0.15) is 0 Å². The van der Waals surface area contributed by atoms with Crippen molar-refractivity contribution in [2.75, 3.05) is 4.72 Å². The van der Waals surface area contributed by atoms with Crippen molar-refractivity contribution in [3.05, 3.63) is 11.1 Å². The first-order valence-electron chi connectivity index (χ1n) is 8.94. The van der Waals surface area contributed by atoms with E-state index in [-0.39, 0.29) is 11.4 Å². The van der Waals surface area contributed by atoms with Crippen LogP contribution >= 0.6 is 11.3 Å². The van der Waals surface area contributed by atoms with E-state index in [0.29, 0.717) is 30.3 Å². The van der Waals surface area contributed by atoms with Crippen molar-refractivity contribution in [1.29, 1.82) is 0 Å². The van der Waals surface area contributed by atoms with E-state index in [1.54, 1.807) is 26.2 Å². The Labute approximate surface area is 174 Å². The van der Waals surface area contributed by atoms with E-state index in [1.165, 1.54) is 11.6 Å². The molecule has 9 nitrogen and oxygen atoms in total. The molecule has 0 aromatic carbocycles. The number of Topliss-reactive ketones (excluding diaryl/α,β-unsaturated/α-hetero) is 1. The maximum atomic E-state index is 12.5. The molecule has 1 fully saturated rings. The summed E-state index contributed by atoms with van der Waals surface area (Å²) in [6, 6.07) is 0. The molecule has 1 aromatic rings. The second kappa shape index (κ2) is 9.34. The van der Waals surface area contributed by atoms with Crippen molar-refractivity contribution < 1.29 is 28.8 Å². The fourth-order valence-corrected chi connectivity index (χ4v) is 3.20. The number of hydrogen-bond donors (Lipinski definition) is 0. The van der Waals surface area contributed by atoms with Crippen LogP contribution in [0.4, 0.5) is 5.13 Å². The number of aromatic nitrogens is 1. The standard InChI is InChI=1S/C17H21B2N3O6S/c1-11(25)13(12-8-29-15(20-12)22(18-9-23)19-10-24)21-28-17(6-5-7-17)14(26)27-16(2,3)4/h8-10H,5-7H2,1-4H3/b21-13+. The molecule has 0 N–H and O–H groups in total. The van der Waals surface area contributed by atoms with Crippen LogP contribution in [-0.2, 0) is 28.8 Å². The van der Waals surface area contributed by atoms with Gasteiger partial charge in [-0.15, -0.1) is 11.3 Å². The predicted octanol–water partition coefficient (Wildman–Crippen LogP) is 1.14. The summed E-state index contributed by atoms with van der Waals surface area (Å²) < 4.78 is 6.64. The molecule has 152 valence electrons. The molecule has 0 bridgehead atoms. The zero-order chi connectivity index (χ0) is 21.7. The van der Waals surface area contributed by atoms with Crippen LogP contribution in [0.3, 0.4) is 0 Å². The van der Waals surface area contributed by atoms with Crippen LogP contribution < -0.4 is 4.72 Å². The number of carbonyl (C=O) groups is 4. The number of ether oxygens (including phenoxy) is 1. The van der Waals surface area contributed by atoms with Gasteiger partial charge in [0.05, 0.1) is 0 Å². The number of rotatable bonds is 10. The van der Waals surface area contributed by atoms with Gasteiger partial charge < -0.3 is 23.9 Å². The first kappa shape index (κ1) is 22.8. The molecule has 0 unspecified atom stereocenters. The van der Waals surface area contributed by atoms with Crippen molar-refractivity contribution in [3.63, 3.8) is 0 Å². The van der Waals surface area contributed by atoms with Crippen molar-refractivity contribution in [2.24, 2.45) is 5.16 Å². The number of esters is 1. The molecule has 0 saturated heterocycles. The summed E-state index contributed by atoms with van der Waals surface area (Å²) in [6.07, 6.45) is 2.67. The van der Waals surface area contributed by atoms with Crippen LogP contribution in [-0.4, -0.2) is 60.9 Å². The Morgan fingerprint density at radius 1 is 1.28 bits per heavy atom. The third-order valence-corrected chi connectivity index (χ3v) is 4.83. The minimum atomic E-state index is -1.21.